The number of aromatic nitrogens is 1. The molecule has 1 amide bonds. The summed E-state index contributed by atoms with van der Waals surface area (Å²) in [5, 5.41) is 3.85. The molecule has 9 heteroatoms. The van der Waals surface area contributed by atoms with Crippen LogP contribution in [0.5, 0.6) is 0 Å². The summed E-state index contributed by atoms with van der Waals surface area (Å²) in [5.74, 6) is -0.716. The maximum Gasteiger partial charge on any atom is 0.416 e. The number of benzene rings is 1. The standard InChI is InChI=1S/C21H22F3N3O2S/c22-21(23,24)14-5-3-4-13(10-14)17-16(27-18(30-17)12-6-7-12)15(28)11-20(19(25)29)8-1-2-9-26-20/h3-5,10,12,26H,1-2,6-9,11H2,(H2,25,29). The lowest BCUT2D eigenvalue weighted by Crippen LogP contribution is -2.58. The molecular formula is C21H22F3N3O2S. The summed E-state index contributed by atoms with van der Waals surface area (Å²) in [7, 11) is 0. The van der Waals surface area contributed by atoms with E-state index in [1.807, 2.05) is 0 Å². The summed E-state index contributed by atoms with van der Waals surface area (Å²) in [6.07, 6.45) is -0.609. The van der Waals surface area contributed by atoms with E-state index in [9.17, 15) is 22.8 Å². The number of piperidine rings is 1. The van der Waals surface area contributed by atoms with Gasteiger partial charge in [-0.3, -0.25) is 9.59 Å². The van der Waals surface area contributed by atoms with Gasteiger partial charge in [0.2, 0.25) is 5.91 Å². The third-order valence-corrected chi connectivity index (χ3v) is 6.98. The fraction of sp³-hybridized carbons (Fsp3) is 0.476. The van der Waals surface area contributed by atoms with E-state index in [1.165, 1.54) is 17.4 Å². The number of primary amides is 1. The molecule has 1 aliphatic heterocycles. The Morgan fingerprint density at radius 3 is 2.63 bits per heavy atom. The molecule has 1 aromatic heterocycles. The number of halogens is 3. The Balaban J connectivity index is 1.71. The van der Waals surface area contributed by atoms with Crippen LogP contribution in [0, 0.1) is 0 Å². The summed E-state index contributed by atoms with van der Waals surface area (Å²) in [6, 6.07) is 4.93. The first-order chi connectivity index (χ1) is 14.2. The lowest BCUT2D eigenvalue weighted by molar-refractivity contribution is -0.137. The quantitative estimate of drug-likeness (QED) is 0.661. The molecule has 30 heavy (non-hydrogen) atoms. The van der Waals surface area contributed by atoms with E-state index in [0.29, 0.717) is 23.4 Å². The molecule has 2 aromatic rings. The zero-order valence-electron chi connectivity index (χ0n) is 16.2. The third kappa shape index (κ3) is 4.13. The molecule has 1 saturated carbocycles. The molecule has 0 spiro atoms. The van der Waals surface area contributed by atoms with Gasteiger partial charge in [-0.15, -0.1) is 11.3 Å². The molecular weight excluding hydrogens is 415 g/mol. The van der Waals surface area contributed by atoms with Gasteiger partial charge in [0.25, 0.3) is 0 Å². The number of ketones is 1. The molecule has 2 fully saturated rings. The number of thiazole rings is 1. The number of carbonyl (C=O) groups is 2. The molecule has 1 atom stereocenters. The number of carbonyl (C=O) groups excluding carboxylic acids is 2. The SMILES string of the molecule is NC(=O)C1(CC(=O)c2nc(C3CC3)sc2-c2cccc(C(F)(F)F)c2)CCCCN1. The Kier molecular flexibility index (Phi) is 5.44. The van der Waals surface area contributed by atoms with E-state index >= 15 is 0 Å². The van der Waals surface area contributed by atoms with Gasteiger partial charge in [-0.2, -0.15) is 13.2 Å². The predicted octanol–water partition coefficient (Wildman–Crippen LogP) is 4.28. The first-order valence-electron chi connectivity index (χ1n) is 9.96. The van der Waals surface area contributed by atoms with Crippen LogP contribution in [0.15, 0.2) is 24.3 Å². The molecule has 0 bridgehead atoms. The van der Waals surface area contributed by atoms with Gasteiger partial charge in [0.05, 0.1) is 15.4 Å². The monoisotopic (exact) mass is 437 g/mol. The molecule has 4 rings (SSSR count). The van der Waals surface area contributed by atoms with Crippen molar-refractivity contribution in [3.63, 3.8) is 0 Å². The van der Waals surface area contributed by atoms with E-state index in [1.54, 1.807) is 6.07 Å². The number of rotatable bonds is 6. The van der Waals surface area contributed by atoms with Crippen LogP contribution in [0.3, 0.4) is 0 Å². The Hall–Kier alpha value is -2.26. The molecule has 3 N–H and O–H groups in total. The summed E-state index contributed by atoms with van der Waals surface area (Å²) >= 11 is 1.26. The number of nitrogens with one attached hydrogen (secondary N) is 1. The van der Waals surface area contributed by atoms with E-state index in [0.717, 1.165) is 42.8 Å². The smallest absolute Gasteiger partial charge is 0.368 e. The molecule has 1 aliphatic carbocycles. The number of nitrogens with zero attached hydrogens (tertiary/aromatic N) is 1. The number of Topliss-reactive ketones (excluding diaryl/α,β-unsaturated/α-hetero) is 1. The fourth-order valence-corrected chi connectivity index (χ4v) is 5.09. The highest BCUT2D eigenvalue weighted by atomic mass is 32.1. The van der Waals surface area contributed by atoms with Crippen molar-refractivity contribution in [2.45, 2.75) is 56.2 Å². The number of hydrogen-bond acceptors (Lipinski definition) is 5. The largest absolute Gasteiger partial charge is 0.416 e. The zero-order chi connectivity index (χ0) is 21.5. The zero-order valence-corrected chi connectivity index (χ0v) is 17.0. The van der Waals surface area contributed by atoms with Gasteiger partial charge in [-0.1, -0.05) is 12.1 Å². The first-order valence-corrected chi connectivity index (χ1v) is 10.8. The van der Waals surface area contributed by atoms with Crippen LogP contribution in [0.25, 0.3) is 10.4 Å². The molecule has 1 unspecified atom stereocenters. The predicted molar refractivity (Wildman–Crippen MR) is 107 cm³/mol. The van der Waals surface area contributed by atoms with Gasteiger partial charge in [0.1, 0.15) is 11.2 Å². The van der Waals surface area contributed by atoms with E-state index in [-0.39, 0.29) is 23.8 Å². The van der Waals surface area contributed by atoms with Gasteiger partial charge in [-0.05, 0) is 56.3 Å². The molecule has 5 nitrogen and oxygen atoms in total. The minimum Gasteiger partial charge on any atom is -0.368 e. The van der Waals surface area contributed by atoms with Crippen molar-refractivity contribution in [2.24, 2.45) is 5.73 Å². The van der Waals surface area contributed by atoms with Crippen LogP contribution in [-0.4, -0.2) is 28.8 Å². The Bertz CT molecular complexity index is 976. The van der Waals surface area contributed by atoms with Crippen molar-refractivity contribution in [1.82, 2.24) is 10.3 Å². The Morgan fingerprint density at radius 1 is 1.27 bits per heavy atom. The summed E-state index contributed by atoms with van der Waals surface area (Å²) in [6.45, 7) is 0.584. The molecule has 160 valence electrons. The number of nitrogens with two attached hydrogens (primary N) is 1. The highest BCUT2D eigenvalue weighted by molar-refractivity contribution is 7.15. The lowest BCUT2D eigenvalue weighted by Gasteiger charge is -2.34. The van der Waals surface area contributed by atoms with E-state index in [2.05, 4.69) is 10.3 Å². The number of hydrogen-bond donors (Lipinski definition) is 2. The fourth-order valence-electron chi connectivity index (χ4n) is 3.84. The van der Waals surface area contributed by atoms with Crippen molar-refractivity contribution in [2.75, 3.05) is 6.54 Å². The third-order valence-electron chi connectivity index (χ3n) is 5.71. The van der Waals surface area contributed by atoms with Crippen LogP contribution in [0.1, 0.15) is 65.5 Å². The van der Waals surface area contributed by atoms with E-state index < -0.39 is 23.2 Å². The lowest BCUT2D eigenvalue weighted by atomic mass is 9.83. The maximum absolute atomic E-state index is 13.2. The van der Waals surface area contributed by atoms with Crippen LogP contribution in [0.2, 0.25) is 0 Å². The van der Waals surface area contributed by atoms with Crippen LogP contribution < -0.4 is 11.1 Å². The number of alkyl halides is 3. The van der Waals surface area contributed by atoms with Gasteiger partial charge < -0.3 is 11.1 Å². The second-order valence-electron chi connectivity index (χ2n) is 8.01. The van der Waals surface area contributed by atoms with E-state index in [4.69, 9.17) is 5.73 Å². The summed E-state index contributed by atoms with van der Waals surface area (Å²) in [5.41, 5.74) is 4.14. The minimum atomic E-state index is -4.48. The van der Waals surface area contributed by atoms with Crippen molar-refractivity contribution >= 4 is 23.0 Å². The molecule has 1 aromatic carbocycles. The molecule has 2 heterocycles. The van der Waals surface area contributed by atoms with Crippen molar-refractivity contribution < 1.29 is 22.8 Å². The van der Waals surface area contributed by atoms with Crippen LogP contribution >= 0.6 is 11.3 Å². The molecule has 1 saturated heterocycles. The minimum absolute atomic E-state index is 0.134. The normalized spacial score (nSPS) is 22.1. The number of amides is 1. The first kappa shape index (κ1) is 21.0. The van der Waals surface area contributed by atoms with Crippen molar-refractivity contribution in [3.05, 3.63) is 40.5 Å². The topological polar surface area (TPSA) is 85.1 Å². The van der Waals surface area contributed by atoms with Gasteiger partial charge in [0, 0.05) is 12.3 Å². The van der Waals surface area contributed by atoms with Crippen LogP contribution in [-0.2, 0) is 11.0 Å². The summed E-state index contributed by atoms with van der Waals surface area (Å²) in [4.78, 5) is 30.3. The average Bonchev–Trinajstić information content (AvgIpc) is 3.46. The highest BCUT2D eigenvalue weighted by Crippen LogP contribution is 2.46. The second-order valence-corrected chi connectivity index (χ2v) is 9.04. The average molecular weight is 437 g/mol. The summed E-state index contributed by atoms with van der Waals surface area (Å²) < 4.78 is 39.6. The maximum atomic E-state index is 13.2. The van der Waals surface area contributed by atoms with Crippen molar-refractivity contribution in [3.8, 4) is 10.4 Å². The molecule has 2 aliphatic rings. The van der Waals surface area contributed by atoms with Crippen molar-refractivity contribution in [1.29, 1.82) is 0 Å². The second kappa shape index (κ2) is 7.77. The van der Waals surface area contributed by atoms with Gasteiger partial charge in [-0.25, -0.2) is 4.98 Å². The van der Waals surface area contributed by atoms with Gasteiger partial charge in [0.15, 0.2) is 5.78 Å². The Labute approximate surface area is 175 Å². The highest BCUT2D eigenvalue weighted by Gasteiger charge is 2.41. The Morgan fingerprint density at radius 2 is 2.03 bits per heavy atom. The van der Waals surface area contributed by atoms with Crippen LogP contribution in [0.4, 0.5) is 13.2 Å². The van der Waals surface area contributed by atoms with Gasteiger partial charge >= 0.3 is 6.18 Å². The molecule has 0 radical (unpaired) electrons.